The van der Waals surface area contributed by atoms with Gasteiger partial charge in [-0.1, -0.05) is 18.2 Å². The summed E-state index contributed by atoms with van der Waals surface area (Å²) >= 11 is 1.62. The van der Waals surface area contributed by atoms with Gasteiger partial charge in [0.05, 0.1) is 0 Å². The van der Waals surface area contributed by atoms with Crippen LogP contribution in [0.1, 0.15) is 15.3 Å². The van der Waals surface area contributed by atoms with Crippen LogP contribution in [0, 0.1) is 12.7 Å². The number of thiophene rings is 1. The Morgan fingerprint density at radius 2 is 2.11 bits per heavy atom. The molecule has 0 aliphatic rings. The van der Waals surface area contributed by atoms with E-state index in [4.69, 9.17) is 0 Å². The molecule has 0 atom stereocenters. The summed E-state index contributed by atoms with van der Waals surface area (Å²) in [7, 11) is 0. The van der Waals surface area contributed by atoms with Gasteiger partial charge in [0.25, 0.3) is 0 Å². The number of rotatable bonds is 4. The highest BCUT2D eigenvalue weighted by Crippen LogP contribution is 2.16. The molecule has 2 rings (SSSR count). The van der Waals surface area contributed by atoms with Crippen molar-refractivity contribution in [1.29, 1.82) is 0 Å². The van der Waals surface area contributed by atoms with Crippen LogP contribution in [0.2, 0.25) is 0 Å². The molecule has 2 aromatic rings. The molecule has 0 saturated carbocycles. The SMILES string of the molecule is Cc1ccc(/C=C/C(=O)NCc2ccccc2F)s1. The molecule has 1 N–H and O–H groups in total. The molecule has 1 amide bonds. The molecule has 4 heteroatoms. The van der Waals surface area contributed by atoms with E-state index in [1.165, 1.54) is 17.0 Å². The van der Waals surface area contributed by atoms with Gasteiger partial charge in [-0.25, -0.2) is 4.39 Å². The maximum atomic E-state index is 13.3. The van der Waals surface area contributed by atoms with E-state index < -0.39 is 0 Å². The molecular formula is C15H14FNOS. The Morgan fingerprint density at radius 3 is 2.79 bits per heavy atom. The number of aryl methyl sites for hydroxylation is 1. The summed E-state index contributed by atoms with van der Waals surface area (Å²) in [5, 5.41) is 2.66. The first-order valence-corrected chi connectivity index (χ1v) is 6.72. The van der Waals surface area contributed by atoms with Crippen molar-refractivity contribution in [3.8, 4) is 0 Å². The van der Waals surface area contributed by atoms with E-state index in [9.17, 15) is 9.18 Å². The zero-order valence-corrected chi connectivity index (χ0v) is 11.3. The summed E-state index contributed by atoms with van der Waals surface area (Å²) in [6.07, 6.45) is 3.22. The highest BCUT2D eigenvalue weighted by Gasteiger charge is 2.01. The van der Waals surface area contributed by atoms with Gasteiger partial charge in [-0.15, -0.1) is 11.3 Å². The van der Waals surface area contributed by atoms with Gasteiger partial charge in [0, 0.05) is 27.9 Å². The predicted octanol–water partition coefficient (Wildman–Crippen LogP) is 3.53. The third kappa shape index (κ3) is 4.03. The van der Waals surface area contributed by atoms with Crippen molar-refractivity contribution in [2.75, 3.05) is 0 Å². The van der Waals surface area contributed by atoms with Gasteiger partial charge in [-0.3, -0.25) is 4.79 Å². The molecule has 0 spiro atoms. The molecule has 1 aromatic heterocycles. The first-order chi connectivity index (χ1) is 9.15. The number of amides is 1. The van der Waals surface area contributed by atoms with E-state index in [-0.39, 0.29) is 18.3 Å². The molecule has 0 fully saturated rings. The van der Waals surface area contributed by atoms with Gasteiger partial charge in [-0.05, 0) is 31.2 Å². The second-order valence-electron chi connectivity index (χ2n) is 4.09. The van der Waals surface area contributed by atoms with Crippen LogP contribution < -0.4 is 5.32 Å². The summed E-state index contributed by atoms with van der Waals surface area (Å²) in [5.74, 6) is -0.532. The Kier molecular flexibility index (Phi) is 4.47. The number of halogens is 1. The number of benzene rings is 1. The van der Waals surface area contributed by atoms with E-state index in [0.29, 0.717) is 5.56 Å². The minimum absolute atomic E-state index is 0.194. The van der Waals surface area contributed by atoms with E-state index >= 15 is 0 Å². The van der Waals surface area contributed by atoms with Crippen molar-refractivity contribution in [3.05, 3.63) is 63.6 Å². The average molecular weight is 275 g/mol. The van der Waals surface area contributed by atoms with Gasteiger partial charge >= 0.3 is 0 Å². The summed E-state index contributed by atoms with van der Waals surface area (Å²) in [5.41, 5.74) is 0.483. The molecule has 0 aliphatic heterocycles. The molecule has 19 heavy (non-hydrogen) atoms. The number of nitrogens with one attached hydrogen (secondary N) is 1. The molecule has 0 radical (unpaired) electrons. The molecular weight excluding hydrogens is 261 g/mol. The fourth-order valence-electron chi connectivity index (χ4n) is 1.58. The van der Waals surface area contributed by atoms with E-state index in [2.05, 4.69) is 5.32 Å². The van der Waals surface area contributed by atoms with Crippen LogP contribution >= 0.6 is 11.3 Å². The van der Waals surface area contributed by atoms with Crippen LogP contribution in [-0.4, -0.2) is 5.91 Å². The monoisotopic (exact) mass is 275 g/mol. The second-order valence-corrected chi connectivity index (χ2v) is 5.41. The zero-order chi connectivity index (χ0) is 13.7. The Morgan fingerprint density at radius 1 is 1.32 bits per heavy atom. The Labute approximate surface area is 115 Å². The molecule has 2 nitrogen and oxygen atoms in total. The largest absolute Gasteiger partial charge is 0.348 e. The average Bonchev–Trinajstić information content (AvgIpc) is 2.81. The van der Waals surface area contributed by atoms with Crippen molar-refractivity contribution < 1.29 is 9.18 Å². The van der Waals surface area contributed by atoms with Crippen LogP contribution in [0.3, 0.4) is 0 Å². The first-order valence-electron chi connectivity index (χ1n) is 5.91. The Hall–Kier alpha value is -1.94. The number of hydrogen-bond acceptors (Lipinski definition) is 2. The standard InChI is InChI=1S/C15H14FNOS/c1-11-6-7-13(19-11)8-9-15(18)17-10-12-4-2-3-5-14(12)16/h2-9H,10H2,1H3,(H,17,18)/b9-8+. The third-order valence-corrected chi connectivity index (χ3v) is 3.54. The molecule has 98 valence electrons. The minimum atomic E-state index is -0.305. The minimum Gasteiger partial charge on any atom is -0.348 e. The smallest absolute Gasteiger partial charge is 0.244 e. The maximum Gasteiger partial charge on any atom is 0.244 e. The summed E-state index contributed by atoms with van der Waals surface area (Å²) in [6, 6.07) is 10.4. The molecule has 0 saturated heterocycles. The topological polar surface area (TPSA) is 29.1 Å². The Bertz CT molecular complexity index is 604. The fourth-order valence-corrected chi connectivity index (χ4v) is 2.36. The van der Waals surface area contributed by atoms with E-state index in [1.54, 1.807) is 35.6 Å². The number of hydrogen-bond donors (Lipinski definition) is 1. The maximum absolute atomic E-state index is 13.3. The molecule has 1 heterocycles. The summed E-state index contributed by atoms with van der Waals surface area (Å²) < 4.78 is 13.3. The van der Waals surface area contributed by atoms with Gasteiger partial charge in [-0.2, -0.15) is 0 Å². The first kappa shape index (κ1) is 13.5. The Balaban J connectivity index is 1.88. The van der Waals surface area contributed by atoms with Crippen LogP contribution in [0.5, 0.6) is 0 Å². The summed E-state index contributed by atoms with van der Waals surface area (Å²) in [4.78, 5) is 13.8. The normalized spacial score (nSPS) is 10.8. The molecule has 0 aliphatic carbocycles. The number of carbonyl (C=O) groups is 1. The lowest BCUT2D eigenvalue weighted by molar-refractivity contribution is -0.116. The predicted molar refractivity (Wildman–Crippen MR) is 76.3 cm³/mol. The summed E-state index contributed by atoms with van der Waals surface area (Å²) in [6.45, 7) is 2.21. The third-order valence-electron chi connectivity index (χ3n) is 2.57. The van der Waals surface area contributed by atoms with Crippen LogP contribution in [0.25, 0.3) is 6.08 Å². The lowest BCUT2D eigenvalue weighted by Crippen LogP contribution is -2.20. The van der Waals surface area contributed by atoms with Crippen LogP contribution in [0.4, 0.5) is 4.39 Å². The fraction of sp³-hybridized carbons (Fsp3) is 0.133. The van der Waals surface area contributed by atoms with Crippen molar-refractivity contribution in [2.45, 2.75) is 13.5 Å². The molecule has 1 aromatic carbocycles. The van der Waals surface area contributed by atoms with Gasteiger partial charge in [0.15, 0.2) is 0 Å². The van der Waals surface area contributed by atoms with Crippen molar-refractivity contribution in [2.24, 2.45) is 0 Å². The highest BCUT2D eigenvalue weighted by molar-refractivity contribution is 7.12. The zero-order valence-electron chi connectivity index (χ0n) is 10.5. The quantitative estimate of drug-likeness (QED) is 0.850. The number of carbonyl (C=O) groups excluding carboxylic acids is 1. The van der Waals surface area contributed by atoms with Crippen molar-refractivity contribution in [1.82, 2.24) is 5.32 Å². The van der Waals surface area contributed by atoms with Gasteiger partial charge in [0.1, 0.15) is 5.82 Å². The lowest BCUT2D eigenvalue weighted by Gasteiger charge is -2.03. The van der Waals surface area contributed by atoms with Gasteiger partial charge < -0.3 is 5.32 Å². The van der Waals surface area contributed by atoms with Crippen molar-refractivity contribution >= 4 is 23.3 Å². The second kappa shape index (κ2) is 6.29. The van der Waals surface area contributed by atoms with Crippen molar-refractivity contribution in [3.63, 3.8) is 0 Å². The lowest BCUT2D eigenvalue weighted by atomic mass is 10.2. The molecule has 0 bridgehead atoms. The highest BCUT2D eigenvalue weighted by atomic mass is 32.1. The van der Waals surface area contributed by atoms with E-state index in [1.807, 2.05) is 19.1 Å². The molecule has 0 unspecified atom stereocenters. The van der Waals surface area contributed by atoms with E-state index in [0.717, 1.165) is 4.88 Å². The van der Waals surface area contributed by atoms with Crippen LogP contribution in [0.15, 0.2) is 42.5 Å². The van der Waals surface area contributed by atoms with Gasteiger partial charge in [0.2, 0.25) is 5.91 Å². The van der Waals surface area contributed by atoms with Crippen LogP contribution in [-0.2, 0) is 11.3 Å².